The zero-order valence-corrected chi connectivity index (χ0v) is 12.0. The number of aromatic nitrogens is 1. The molecule has 0 N–H and O–H groups in total. The van der Waals surface area contributed by atoms with Gasteiger partial charge in [0, 0.05) is 18.1 Å². The second-order valence-corrected chi connectivity index (χ2v) is 5.11. The zero-order chi connectivity index (χ0) is 14.3. The molecule has 0 atom stereocenters. The Morgan fingerprint density at radius 1 is 0.762 bits per heavy atom. The summed E-state index contributed by atoms with van der Waals surface area (Å²) in [7, 11) is 0. The summed E-state index contributed by atoms with van der Waals surface area (Å²) in [5, 5.41) is 0. The summed E-state index contributed by atoms with van der Waals surface area (Å²) in [6, 6.07) is 23.3. The van der Waals surface area contributed by atoms with Crippen LogP contribution >= 0.6 is 0 Å². The molecule has 0 radical (unpaired) electrons. The van der Waals surface area contributed by atoms with E-state index in [1.165, 1.54) is 16.8 Å². The van der Waals surface area contributed by atoms with Crippen LogP contribution < -0.4 is 0 Å². The highest BCUT2D eigenvalue weighted by atomic mass is 14.9. The standard InChI is InChI=1S/C20H19N/c1-2-8-18(9-3-1)10-4-5-11-19-12-14-20(15-13-19)21-16-6-7-17-21/h1-3,5-9,11-17H,4,10H2. The molecule has 1 heteroatoms. The highest BCUT2D eigenvalue weighted by molar-refractivity contribution is 5.51. The molecule has 0 spiro atoms. The van der Waals surface area contributed by atoms with Crippen LogP contribution in [0.5, 0.6) is 0 Å². The minimum absolute atomic E-state index is 1.07. The van der Waals surface area contributed by atoms with Crippen LogP contribution in [-0.4, -0.2) is 4.57 Å². The Morgan fingerprint density at radius 2 is 1.48 bits per heavy atom. The molecule has 2 aromatic carbocycles. The van der Waals surface area contributed by atoms with Crippen molar-refractivity contribution in [3.63, 3.8) is 0 Å². The van der Waals surface area contributed by atoms with Gasteiger partial charge in [0.15, 0.2) is 0 Å². The van der Waals surface area contributed by atoms with E-state index < -0.39 is 0 Å². The molecule has 0 aliphatic carbocycles. The van der Waals surface area contributed by atoms with Crippen molar-refractivity contribution >= 4 is 6.08 Å². The highest BCUT2D eigenvalue weighted by Crippen LogP contribution is 2.12. The van der Waals surface area contributed by atoms with E-state index in [9.17, 15) is 0 Å². The van der Waals surface area contributed by atoms with Crippen molar-refractivity contribution in [3.05, 3.63) is 96.3 Å². The Bertz CT molecular complexity index is 676. The lowest BCUT2D eigenvalue weighted by Crippen LogP contribution is -1.88. The molecule has 0 unspecified atom stereocenters. The Balaban J connectivity index is 1.56. The van der Waals surface area contributed by atoms with E-state index in [0.29, 0.717) is 0 Å². The number of aryl methyl sites for hydroxylation is 1. The van der Waals surface area contributed by atoms with E-state index in [1.54, 1.807) is 0 Å². The lowest BCUT2D eigenvalue weighted by atomic mass is 10.1. The lowest BCUT2D eigenvalue weighted by Gasteiger charge is -2.02. The van der Waals surface area contributed by atoms with Crippen molar-refractivity contribution in [2.75, 3.05) is 0 Å². The number of benzene rings is 2. The average Bonchev–Trinajstić information content (AvgIpc) is 3.08. The summed E-state index contributed by atoms with van der Waals surface area (Å²) in [4.78, 5) is 0. The van der Waals surface area contributed by atoms with Crippen LogP contribution in [-0.2, 0) is 6.42 Å². The van der Waals surface area contributed by atoms with Crippen LogP contribution in [0.4, 0.5) is 0 Å². The third kappa shape index (κ3) is 3.73. The fourth-order valence-corrected chi connectivity index (χ4v) is 2.38. The van der Waals surface area contributed by atoms with Gasteiger partial charge in [0.2, 0.25) is 0 Å². The summed E-state index contributed by atoms with van der Waals surface area (Å²) < 4.78 is 2.11. The van der Waals surface area contributed by atoms with Crippen molar-refractivity contribution in [2.45, 2.75) is 12.8 Å². The first-order valence-corrected chi connectivity index (χ1v) is 7.36. The minimum Gasteiger partial charge on any atom is -0.324 e. The molecule has 1 nitrogen and oxygen atoms in total. The Morgan fingerprint density at radius 3 is 2.19 bits per heavy atom. The van der Waals surface area contributed by atoms with Crippen LogP contribution in [0.1, 0.15) is 17.5 Å². The molecular formula is C20H19N. The summed E-state index contributed by atoms with van der Waals surface area (Å²) in [6.45, 7) is 0. The smallest absolute Gasteiger partial charge is 0.0449 e. The van der Waals surface area contributed by atoms with Crippen molar-refractivity contribution in [2.24, 2.45) is 0 Å². The first-order chi connectivity index (χ1) is 10.4. The highest BCUT2D eigenvalue weighted by Gasteiger charge is 1.94. The van der Waals surface area contributed by atoms with Gasteiger partial charge in [-0.25, -0.2) is 0 Å². The fourth-order valence-electron chi connectivity index (χ4n) is 2.38. The van der Waals surface area contributed by atoms with Gasteiger partial charge >= 0.3 is 0 Å². The normalized spacial score (nSPS) is 11.0. The Kier molecular flexibility index (Phi) is 4.33. The summed E-state index contributed by atoms with van der Waals surface area (Å²) in [5.74, 6) is 0. The third-order valence-corrected chi connectivity index (χ3v) is 3.55. The first-order valence-electron chi connectivity index (χ1n) is 7.36. The largest absolute Gasteiger partial charge is 0.324 e. The molecule has 3 rings (SSSR count). The van der Waals surface area contributed by atoms with Crippen LogP contribution in [0.3, 0.4) is 0 Å². The van der Waals surface area contributed by atoms with Gasteiger partial charge in [-0.3, -0.25) is 0 Å². The molecule has 1 aromatic heterocycles. The Labute approximate surface area is 126 Å². The van der Waals surface area contributed by atoms with Crippen LogP contribution in [0.2, 0.25) is 0 Å². The third-order valence-electron chi connectivity index (χ3n) is 3.55. The van der Waals surface area contributed by atoms with Crippen molar-refractivity contribution < 1.29 is 0 Å². The van der Waals surface area contributed by atoms with Gasteiger partial charge < -0.3 is 4.57 Å². The first kappa shape index (κ1) is 13.4. The predicted molar refractivity (Wildman–Crippen MR) is 89.6 cm³/mol. The van der Waals surface area contributed by atoms with Gasteiger partial charge in [0.25, 0.3) is 0 Å². The number of rotatable bonds is 5. The van der Waals surface area contributed by atoms with Gasteiger partial charge in [-0.05, 0) is 48.2 Å². The molecule has 0 saturated heterocycles. The summed E-state index contributed by atoms with van der Waals surface area (Å²) >= 11 is 0. The van der Waals surface area contributed by atoms with Crippen molar-refractivity contribution in [1.82, 2.24) is 4.57 Å². The van der Waals surface area contributed by atoms with E-state index in [2.05, 4.69) is 83.7 Å². The molecule has 0 bridgehead atoms. The monoisotopic (exact) mass is 273 g/mol. The second-order valence-electron chi connectivity index (χ2n) is 5.11. The zero-order valence-electron chi connectivity index (χ0n) is 12.0. The molecule has 3 aromatic rings. The lowest BCUT2D eigenvalue weighted by molar-refractivity contribution is 1.01. The summed E-state index contributed by atoms with van der Waals surface area (Å²) in [5.41, 5.74) is 3.84. The number of hydrogen-bond acceptors (Lipinski definition) is 0. The topological polar surface area (TPSA) is 4.93 Å². The number of hydrogen-bond donors (Lipinski definition) is 0. The van der Waals surface area contributed by atoms with Gasteiger partial charge in [0.1, 0.15) is 0 Å². The maximum absolute atomic E-state index is 2.25. The number of nitrogens with zero attached hydrogens (tertiary/aromatic N) is 1. The minimum atomic E-state index is 1.07. The summed E-state index contributed by atoms with van der Waals surface area (Å²) in [6.07, 6.45) is 10.7. The quantitative estimate of drug-likeness (QED) is 0.608. The Hall–Kier alpha value is -2.54. The molecule has 0 fully saturated rings. The molecule has 0 aliphatic rings. The van der Waals surface area contributed by atoms with E-state index in [1.807, 2.05) is 12.1 Å². The van der Waals surface area contributed by atoms with E-state index >= 15 is 0 Å². The van der Waals surface area contributed by atoms with Gasteiger partial charge in [-0.15, -0.1) is 0 Å². The SMILES string of the molecule is C(=Cc1ccc(-n2cccc2)cc1)CCc1ccccc1. The van der Waals surface area contributed by atoms with Gasteiger partial charge in [0.05, 0.1) is 0 Å². The van der Waals surface area contributed by atoms with Crippen LogP contribution in [0.15, 0.2) is 85.2 Å². The van der Waals surface area contributed by atoms with Gasteiger partial charge in [-0.2, -0.15) is 0 Å². The molecule has 1 heterocycles. The fraction of sp³-hybridized carbons (Fsp3) is 0.100. The van der Waals surface area contributed by atoms with E-state index in [4.69, 9.17) is 0 Å². The van der Waals surface area contributed by atoms with Crippen molar-refractivity contribution in [1.29, 1.82) is 0 Å². The molecule has 0 amide bonds. The van der Waals surface area contributed by atoms with Crippen LogP contribution in [0, 0.1) is 0 Å². The molecular weight excluding hydrogens is 254 g/mol. The molecule has 104 valence electrons. The number of allylic oxidation sites excluding steroid dienone is 1. The average molecular weight is 273 g/mol. The molecule has 0 saturated carbocycles. The second kappa shape index (κ2) is 6.76. The molecule has 0 aliphatic heterocycles. The van der Waals surface area contributed by atoms with Crippen molar-refractivity contribution in [3.8, 4) is 5.69 Å². The predicted octanol–water partition coefficient (Wildman–Crippen LogP) is 5.12. The maximum Gasteiger partial charge on any atom is 0.0449 e. The van der Waals surface area contributed by atoms with E-state index in [-0.39, 0.29) is 0 Å². The van der Waals surface area contributed by atoms with Gasteiger partial charge in [-0.1, -0.05) is 54.6 Å². The molecule has 21 heavy (non-hydrogen) atoms. The van der Waals surface area contributed by atoms with E-state index in [0.717, 1.165) is 12.8 Å². The van der Waals surface area contributed by atoms with Crippen LogP contribution in [0.25, 0.3) is 11.8 Å². The maximum atomic E-state index is 2.25.